The van der Waals surface area contributed by atoms with Gasteiger partial charge in [-0.2, -0.15) is 0 Å². The number of hydrogen-bond donors (Lipinski definition) is 2. The third-order valence-electron chi connectivity index (χ3n) is 2.60. The Morgan fingerprint density at radius 3 is 2.32 bits per heavy atom. The van der Waals surface area contributed by atoms with E-state index in [0.29, 0.717) is 5.13 Å². The molecule has 0 aliphatic rings. The van der Waals surface area contributed by atoms with E-state index in [1.165, 1.54) is 11.3 Å². The van der Waals surface area contributed by atoms with Gasteiger partial charge in [0.15, 0.2) is 5.13 Å². The van der Waals surface area contributed by atoms with Crippen molar-refractivity contribution in [3.05, 3.63) is 10.6 Å². The molecule has 0 bridgehead atoms. The van der Waals surface area contributed by atoms with Gasteiger partial charge in [0.1, 0.15) is 5.60 Å². The standard InChI is InChI=1S/C13H23N3O2S/c1-8-9(13(5,6)14-7)19-10(15-8)16-11(17)18-12(2,3)4/h14H,1-7H3,(H,15,16,17). The van der Waals surface area contributed by atoms with Crippen molar-refractivity contribution >= 4 is 22.6 Å². The van der Waals surface area contributed by atoms with Gasteiger partial charge in [-0.25, -0.2) is 9.78 Å². The van der Waals surface area contributed by atoms with Crippen LogP contribution in [-0.2, 0) is 10.3 Å². The van der Waals surface area contributed by atoms with Gasteiger partial charge in [0.05, 0.1) is 5.69 Å². The molecule has 0 fully saturated rings. The molecule has 1 heterocycles. The maximum absolute atomic E-state index is 11.7. The van der Waals surface area contributed by atoms with Crippen LogP contribution in [0, 0.1) is 6.92 Å². The van der Waals surface area contributed by atoms with Gasteiger partial charge < -0.3 is 10.1 Å². The van der Waals surface area contributed by atoms with Gasteiger partial charge in [0.25, 0.3) is 0 Å². The van der Waals surface area contributed by atoms with Crippen molar-refractivity contribution in [3.63, 3.8) is 0 Å². The van der Waals surface area contributed by atoms with E-state index in [0.717, 1.165) is 10.6 Å². The Labute approximate surface area is 118 Å². The average Bonchev–Trinajstić information content (AvgIpc) is 2.57. The number of rotatable bonds is 3. The molecule has 19 heavy (non-hydrogen) atoms. The molecule has 0 saturated carbocycles. The molecule has 1 amide bonds. The molecule has 0 atom stereocenters. The fraction of sp³-hybridized carbons (Fsp3) is 0.692. The maximum atomic E-state index is 11.7. The second-order valence-electron chi connectivity index (χ2n) is 5.94. The first-order valence-corrected chi connectivity index (χ1v) is 7.03. The van der Waals surface area contributed by atoms with Crippen LogP contribution < -0.4 is 10.6 Å². The zero-order valence-electron chi connectivity index (χ0n) is 12.7. The number of hydrogen-bond acceptors (Lipinski definition) is 5. The molecule has 0 saturated heterocycles. The lowest BCUT2D eigenvalue weighted by atomic mass is 10.0. The normalized spacial score (nSPS) is 12.4. The third-order valence-corrected chi connectivity index (χ3v) is 3.99. The molecule has 0 spiro atoms. The zero-order chi connectivity index (χ0) is 14.8. The molecule has 0 radical (unpaired) electrons. The highest BCUT2D eigenvalue weighted by Gasteiger charge is 2.25. The smallest absolute Gasteiger partial charge is 0.413 e. The number of ether oxygens (including phenoxy) is 1. The summed E-state index contributed by atoms with van der Waals surface area (Å²) in [7, 11) is 1.90. The number of aromatic nitrogens is 1. The van der Waals surface area contributed by atoms with E-state index in [9.17, 15) is 4.79 Å². The Hall–Kier alpha value is -1.14. The number of nitrogens with one attached hydrogen (secondary N) is 2. The SMILES string of the molecule is CNC(C)(C)c1sc(NC(=O)OC(C)(C)C)nc1C. The number of amides is 1. The van der Waals surface area contributed by atoms with Gasteiger partial charge in [-0.05, 0) is 48.6 Å². The summed E-state index contributed by atoms with van der Waals surface area (Å²) in [6.07, 6.45) is -0.477. The number of carbonyl (C=O) groups excluding carboxylic acids is 1. The van der Waals surface area contributed by atoms with Crippen LogP contribution >= 0.6 is 11.3 Å². The van der Waals surface area contributed by atoms with E-state index in [-0.39, 0.29) is 5.54 Å². The fourth-order valence-corrected chi connectivity index (χ4v) is 2.60. The lowest BCUT2D eigenvalue weighted by Gasteiger charge is -2.22. The molecule has 1 aromatic rings. The van der Waals surface area contributed by atoms with Gasteiger partial charge in [-0.3, -0.25) is 5.32 Å². The number of carbonyl (C=O) groups is 1. The van der Waals surface area contributed by atoms with E-state index in [2.05, 4.69) is 29.5 Å². The number of anilines is 1. The predicted molar refractivity (Wildman–Crippen MR) is 78.8 cm³/mol. The molecule has 5 nitrogen and oxygen atoms in total. The van der Waals surface area contributed by atoms with Gasteiger partial charge in [0, 0.05) is 10.4 Å². The summed E-state index contributed by atoms with van der Waals surface area (Å²) in [5.41, 5.74) is 0.231. The highest BCUT2D eigenvalue weighted by molar-refractivity contribution is 7.16. The lowest BCUT2D eigenvalue weighted by molar-refractivity contribution is 0.0636. The van der Waals surface area contributed by atoms with Crippen LogP contribution in [0.4, 0.5) is 9.93 Å². The molecule has 1 rings (SSSR count). The molecule has 0 aliphatic heterocycles. The van der Waals surface area contributed by atoms with E-state index >= 15 is 0 Å². The largest absolute Gasteiger partial charge is 0.444 e. The van der Waals surface area contributed by atoms with Crippen LogP contribution in [-0.4, -0.2) is 23.7 Å². The molecule has 6 heteroatoms. The molecule has 108 valence electrons. The number of aryl methyl sites for hydroxylation is 1. The highest BCUT2D eigenvalue weighted by atomic mass is 32.1. The van der Waals surface area contributed by atoms with Crippen molar-refractivity contribution in [2.45, 2.75) is 52.7 Å². The summed E-state index contributed by atoms with van der Waals surface area (Å²) in [4.78, 5) is 17.1. The van der Waals surface area contributed by atoms with Crippen molar-refractivity contribution in [2.24, 2.45) is 0 Å². The van der Waals surface area contributed by atoms with Crippen molar-refractivity contribution in [1.29, 1.82) is 0 Å². The Kier molecular flexibility index (Phi) is 4.58. The quantitative estimate of drug-likeness (QED) is 0.895. The minimum absolute atomic E-state index is 0.171. The third kappa shape index (κ3) is 4.47. The second kappa shape index (κ2) is 5.46. The second-order valence-corrected chi connectivity index (χ2v) is 6.93. The first-order valence-electron chi connectivity index (χ1n) is 6.22. The summed E-state index contributed by atoms with van der Waals surface area (Å²) in [6.45, 7) is 11.6. The van der Waals surface area contributed by atoms with Crippen molar-refractivity contribution < 1.29 is 9.53 Å². The van der Waals surface area contributed by atoms with Gasteiger partial charge in [-0.15, -0.1) is 0 Å². The average molecular weight is 285 g/mol. The van der Waals surface area contributed by atoms with Crippen LogP contribution in [0.15, 0.2) is 0 Å². The van der Waals surface area contributed by atoms with E-state index < -0.39 is 11.7 Å². The first kappa shape index (κ1) is 15.9. The van der Waals surface area contributed by atoms with Gasteiger partial charge >= 0.3 is 6.09 Å². The molecule has 0 unspecified atom stereocenters. The van der Waals surface area contributed by atoms with E-state index in [1.54, 1.807) is 0 Å². The van der Waals surface area contributed by atoms with Crippen molar-refractivity contribution in [3.8, 4) is 0 Å². The molecule has 0 aromatic carbocycles. The van der Waals surface area contributed by atoms with Crippen LogP contribution in [0.2, 0.25) is 0 Å². The zero-order valence-corrected chi connectivity index (χ0v) is 13.5. The number of nitrogens with zero attached hydrogens (tertiary/aromatic N) is 1. The lowest BCUT2D eigenvalue weighted by Crippen LogP contribution is -2.32. The molecule has 1 aromatic heterocycles. The Morgan fingerprint density at radius 2 is 1.84 bits per heavy atom. The Morgan fingerprint density at radius 1 is 1.26 bits per heavy atom. The predicted octanol–water partition coefficient (Wildman–Crippen LogP) is 3.25. The topological polar surface area (TPSA) is 63.2 Å². The number of thiazole rings is 1. The molecule has 0 aliphatic carbocycles. The fourth-order valence-electron chi connectivity index (χ4n) is 1.53. The molecular weight excluding hydrogens is 262 g/mol. The summed E-state index contributed by atoms with van der Waals surface area (Å²) < 4.78 is 5.20. The Bertz CT molecular complexity index is 461. The monoisotopic (exact) mass is 285 g/mol. The summed E-state index contributed by atoms with van der Waals surface area (Å²) in [5, 5.41) is 6.46. The Balaban J connectivity index is 2.83. The first-order chi connectivity index (χ1) is 8.55. The minimum Gasteiger partial charge on any atom is -0.444 e. The summed E-state index contributed by atoms with van der Waals surface area (Å²) in [6, 6.07) is 0. The van der Waals surface area contributed by atoms with Crippen LogP contribution in [0.3, 0.4) is 0 Å². The van der Waals surface area contributed by atoms with Crippen LogP contribution in [0.25, 0.3) is 0 Å². The van der Waals surface area contributed by atoms with Crippen molar-refractivity contribution in [1.82, 2.24) is 10.3 Å². The van der Waals surface area contributed by atoms with E-state index in [4.69, 9.17) is 4.74 Å². The molecular formula is C13H23N3O2S. The van der Waals surface area contributed by atoms with Crippen LogP contribution in [0.1, 0.15) is 45.2 Å². The van der Waals surface area contributed by atoms with E-state index in [1.807, 2.05) is 34.7 Å². The summed E-state index contributed by atoms with van der Waals surface area (Å²) >= 11 is 1.46. The van der Waals surface area contributed by atoms with Gasteiger partial charge in [-0.1, -0.05) is 11.3 Å². The van der Waals surface area contributed by atoms with Gasteiger partial charge in [0.2, 0.25) is 0 Å². The van der Waals surface area contributed by atoms with Crippen LogP contribution in [0.5, 0.6) is 0 Å². The molecule has 2 N–H and O–H groups in total. The maximum Gasteiger partial charge on any atom is 0.413 e. The summed E-state index contributed by atoms with van der Waals surface area (Å²) in [5.74, 6) is 0. The van der Waals surface area contributed by atoms with Crippen molar-refractivity contribution in [2.75, 3.05) is 12.4 Å². The minimum atomic E-state index is -0.510. The highest BCUT2D eigenvalue weighted by Crippen LogP contribution is 2.32.